The molecule has 3 rings (SSSR count). The van der Waals surface area contributed by atoms with E-state index in [-0.39, 0.29) is 0 Å². The minimum atomic E-state index is 0.752. The van der Waals surface area contributed by atoms with Gasteiger partial charge < -0.3 is 0 Å². The molecule has 1 aromatic heterocycles. The fourth-order valence-corrected chi connectivity index (χ4v) is 3.52. The monoisotopic (exact) mass is 292 g/mol. The van der Waals surface area contributed by atoms with E-state index in [0.29, 0.717) is 0 Å². The van der Waals surface area contributed by atoms with Crippen LogP contribution in [0.1, 0.15) is 26.4 Å². The molecule has 0 aliphatic heterocycles. The molecule has 1 nitrogen and oxygen atoms in total. The zero-order valence-corrected chi connectivity index (χ0v) is 12.7. The van der Waals surface area contributed by atoms with Crippen LogP contribution in [0.2, 0.25) is 0 Å². The van der Waals surface area contributed by atoms with Gasteiger partial charge in [-0.25, -0.2) is 0 Å². The number of aryl methyl sites for hydroxylation is 1. The molecular formula is C19H16OS. The van der Waals surface area contributed by atoms with Gasteiger partial charge in [0.2, 0.25) is 0 Å². The van der Waals surface area contributed by atoms with Crippen molar-refractivity contribution in [3.63, 3.8) is 0 Å². The molecule has 1 heterocycles. The summed E-state index contributed by atoms with van der Waals surface area (Å²) in [6.07, 6.45) is 1.87. The first-order valence-electron chi connectivity index (χ1n) is 6.96. The number of aldehydes is 1. The summed E-state index contributed by atoms with van der Waals surface area (Å²) in [5.41, 5.74) is 4.45. The van der Waals surface area contributed by atoms with E-state index >= 15 is 0 Å². The Bertz CT molecular complexity index is 770. The zero-order valence-electron chi connectivity index (χ0n) is 11.9. The first-order valence-corrected chi connectivity index (χ1v) is 7.77. The summed E-state index contributed by atoms with van der Waals surface area (Å²) in [6, 6.07) is 20.5. The van der Waals surface area contributed by atoms with Crippen LogP contribution >= 0.6 is 11.3 Å². The van der Waals surface area contributed by atoms with Gasteiger partial charge >= 0.3 is 0 Å². The van der Waals surface area contributed by atoms with Crippen molar-refractivity contribution in [1.29, 1.82) is 0 Å². The number of rotatable bonds is 4. The number of carbonyl (C=O) groups excluding carboxylic acids is 1. The van der Waals surface area contributed by atoms with Crippen LogP contribution in [0.4, 0.5) is 0 Å². The second kappa shape index (κ2) is 6.06. The van der Waals surface area contributed by atoms with Crippen molar-refractivity contribution >= 4 is 17.6 Å². The predicted molar refractivity (Wildman–Crippen MR) is 89.1 cm³/mol. The van der Waals surface area contributed by atoms with Crippen molar-refractivity contribution in [2.75, 3.05) is 0 Å². The van der Waals surface area contributed by atoms with Crippen molar-refractivity contribution < 1.29 is 4.79 Å². The standard InChI is InChI=1S/C19H16OS/c1-14-6-2-3-7-15(14)12-17-10-11-19(21-17)18-9-5-4-8-16(18)13-20/h2-11,13H,12H2,1H3. The van der Waals surface area contributed by atoms with Crippen LogP contribution in [0.15, 0.2) is 60.7 Å². The highest BCUT2D eigenvalue weighted by atomic mass is 32.1. The van der Waals surface area contributed by atoms with Crippen LogP contribution in [0.5, 0.6) is 0 Å². The normalized spacial score (nSPS) is 10.5. The van der Waals surface area contributed by atoms with Gasteiger partial charge in [0.05, 0.1) is 0 Å². The van der Waals surface area contributed by atoms with E-state index in [1.165, 1.54) is 16.0 Å². The second-order valence-corrected chi connectivity index (χ2v) is 6.24. The van der Waals surface area contributed by atoms with Gasteiger partial charge in [0.15, 0.2) is 6.29 Å². The third-order valence-electron chi connectivity index (χ3n) is 3.64. The summed E-state index contributed by atoms with van der Waals surface area (Å²) in [7, 11) is 0. The number of hydrogen-bond acceptors (Lipinski definition) is 2. The maximum absolute atomic E-state index is 11.1. The van der Waals surface area contributed by atoms with Gasteiger partial charge in [-0.3, -0.25) is 4.79 Å². The molecule has 0 amide bonds. The third-order valence-corrected chi connectivity index (χ3v) is 4.76. The highest BCUT2D eigenvalue weighted by Gasteiger charge is 2.08. The number of thiophene rings is 1. The van der Waals surface area contributed by atoms with E-state index in [0.717, 1.165) is 28.7 Å². The summed E-state index contributed by atoms with van der Waals surface area (Å²) >= 11 is 1.76. The number of benzene rings is 2. The maximum Gasteiger partial charge on any atom is 0.150 e. The molecule has 0 aliphatic rings. The lowest BCUT2D eigenvalue weighted by Gasteiger charge is -2.03. The van der Waals surface area contributed by atoms with Crippen molar-refractivity contribution in [3.8, 4) is 10.4 Å². The second-order valence-electron chi connectivity index (χ2n) is 5.07. The van der Waals surface area contributed by atoms with Crippen LogP contribution in [0, 0.1) is 6.92 Å². The van der Waals surface area contributed by atoms with Crippen LogP contribution in [-0.2, 0) is 6.42 Å². The first-order chi connectivity index (χ1) is 10.3. The Labute approximate surface area is 128 Å². The summed E-state index contributed by atoms with van der Waals surface area (Å²) in [4.78, 5) is 13.6. The predicted octanol–water partition coefficient (Wildman–Crippen LogP) is 5.13. The lowest BCUT2D eigenvalue weighted by atomic mass is 10.1. The van der Waals surface area contributed by atoms with Crippen molar-refractivity contribution in [1.82, 2.24) is 0 Å². The molecule has 0 aliphatic carbocycles. The van der Waals surface area contributed by atoms with Gasteiger partial charge in [0.1, 0.15) is 0 Å². The Morgan fingerprint density at radius 2 is 1.71 bits per heavy atom. The molecule has 21 heavy (non-hydrogen) atoms. The van der Waals surface area contributed by atoms with Gasteiger partial charge in [-0.15, -0.1) is 11.3 Å². The fraction of sp³-hybridized carbons (Fsp3) is 0.105. The van der Waals surface area contributed by atoms with E-state index < -0.39 is 0 Å². The molecule has 0 saturated carbocycles. The van der Waals surface area contributed by atoms with E-state index in [1.807, 2.05) is 24.3 Å². The minimum Gasteiger partial charge on any atom is -0.298 e. The van der Waals surface area contributed by atoms with Gasteiger partial charge in [0.25, 0.3) is 0 Å². The lowest BCUT2D eigenvalue weighted by molar-refractivity contribution is 0.112. The largest absolute Gasteiger partial charge is 0.298 e. The van der Waals surface area contributed by atoms with E-state index in [9.17, 15) is 4.79 Å². The first kappa shape index (κ1) is 13.8. The fourth-order valence-electron chi connectivity index (χ4n) is 2.44. The van der Waals surface area contributed by atoms with Crippen LogP contribution < -0.4 is 0 Å². The summed E-state index contributed by atoms with van der Waals surface area (Å²) in [6.45, 7) is 2.14. The van der Waals surface area contributed by atoms with E-state index in [1.54, 1.807) is 11.3 Å². The molecule has 0 bridgehead atoms. The number of carbonyl (C=O) groups is 1. The molecule has 0 spiro atoms. The minimum absolute atomic E-state index is 0.752. The molecule has 2 heteroatoms. The molecular weight excluding hydrogens is 276 g/mol. The Balaban J connectivity index is 1.90. The van der Waals surface area contributed by atoms with E-state index in [2.05, 4.69) is 43.3 Å². The van der Waals surface area contributed by atoms with Crippen LogP contribution in [-0.4, -0.2) is 6.29 Å². The highest BCUT2D eigenvalue weighted by molar-refractivity contribution is 7.15. The zero-order chi connectivity index (χ0) is 14.7. The SMILES string of the molecule is Cc1ccccc1Cc1ccc(-c2ccccc2C=O)s1. The summed E-state index contributed by atoms with van der Waals surface area (Å²) in [5.74, 6) is 0. The molecule has 0 atom stereocenters. The highest BCUT2D eigenvalue weighted by Crippen LogP contribution is 2.31. The molecule has 0 N–H and O–H groups in total. The average Bonchev–Trinajstić information content (AvgIpc) is 2.98. The maximum atomic E-state index is 11.1. The van der Waals surface area contributed by atoms with Gasteiger partial charge in [-0.2, -0.15) is 0 Å². The van der Waals surface area contributed by atoms with Gasteiger partial charge in [-0.05, 0) is 30.2 Å². The van der Waals surface area contributed by atoms with Gasteiger partial charge in [-0.1, -0.05) is 48.5 Å². The summed E-state index contributed by atoms with van der Waals surface area (Å²) < 4.78 is 0. The lowest BCUT2D eigenvalue weighted by Crippen LogP contribution is -1.88. The van der Waals surface area contributed by atoms with Crippen LogP contribution in [0.25, 0.3) is 10.4 Å². The Morgan fingerprint density at radius 3 is 2.52 bits per heavy atom. The third kappa shape index (κ3) is 2.96. The molecule has 3 aromatic rings. The van der Waals surface area contributed by atoms with E-state index in [4.69, 9.17) is 0 Å². The molecule has 0 fully saturated rings. The molecule has 0 unspecified atom stereocenters. The molecule has 104 valence electrons. The van der Waals surface area contributed by atoms with Crippen molar-refractivity contribution in [2.24, 2.45) is 0 Å². The average molecular weight is 292 g/mol. The molecule has 2 aromatic carbocycles. The Hall–Kier alpha value is -2.19. The van der Waals surface area contributed by atoms with Gasteiger partial charge in [0, 0.05) is 27.3 Å². The van der Waals surface area contributed by atoms with Crippen molar-refractivity contribution in [3.05, 3.63) is 82.2 Å². The van der Waals surface area contributed by atoms with Crippen LogP contribution in [0.3, 0.4) is 0 Å². The topological polar surface area (TPSA) is 17.1 Å². The quantitative estimate of drug-likeness (QED) is 0.609. The summed E-state index contributed by atoms with van der Waals surface area (Å²) in [5, 5.41) is 0. The van der Waals surface area contributed by atoms with Crippen molar-refractivity contribution in [2.45, 2.75) is 13.3 Å². The smallest absolute Gasteiger partial charge is 0.150 e. The molecule has 0 radical (unpaired) electrons. The number of hydrogen-bond donors (Lipinski definition) is 0. The molecule has 0 saturated heterocycles. The Morgan fingerprint density at radius 1 is 0.952 bits per heavy atom. The Kier molecular flexibility index (Phi) is 3.98.